The van der Waals surface area contributed by atoms with Crippen LogP contribution in [0.4, 0.5) is 5.00 Å². The molecule has 0 atom stereocenters. The molecule has 1 rings (SSSR count). The Labute approximate surface area is 82.0 Å². The summed E-state index contributed by atoms with van der Waals surface area (Å²) >= 11 is 1.29. The molecule has 13 heavy (non-hydrogen) atoms. The van der Waals surface area contributed by atoms with Crippen molar-refractivity contribution in [2.45, 2.75) is 27.2 Å². The van der Waals surface area contributed by atoms with Gasteiger partial charge in [-0.15, -0.1) is 0 Å². The first-order valence-corrected chi connectivity index (χ1v) is 5.17. The van der Waals surface area contributed by atoms with E-state index in [0.29, 0.717) is 10.0 Å². The topological polar surface area (TPSA) is 56.0 Å². The molecular formula is C9H14N2OS. The molecule has 72 valence electrons. The van der Waals surface area contributed by atoms with E-state index in [0.717, 1.165) is 12.1 Å². The fourth-order valence-corrected chi connectivity index (χ4v) is 1.98. The molecule has 0 aliphatic heterocycles. The van der Waals surface area contributed by atoms with Crippen LogP contribution < -0.4 is 5.73 Å². The molecule has 0 bridgehead atoms. The summed E-state index contributed by atoms with van der Waals surface area (Å²) in [4.78, 5) is 15.7. The molecule has 1 aromatic rings. The Balaban J connectivity index is 2.97. The van der Waals surface area contributed by atoms with Crippen LogP contribution in [0.15, 0.2) is 0 Å². The second-order valence-electron chi connectivity index (χ2n) is 3.20. The van der Waals surface area contributed by atoms with E-state index in [-0.39, 0.29) is 11.7 Å². The Kier molecular flexibility index (Phi) is 3.03. The average Bonchev–Trinajstić information content (AvgIpc) is 2.45. The lowest BCUT2D eigenvalue weighted by molar-refractivity contribution is 0.0939. The highest BCUT2D eigenvalue weighted by Crippen LogP contribution is 2.23. The van der Waals surface area contributed by atoms with Gasteiger partial charge in [-0.25, -0.2) is 4.98 Å². The smallest absolute Gasteiger partial charge is 0.193 e. The molecule has 1 aromatic heterocycles. The summed E-state index contributed by atoms with van der Waals surface area (Å²) in [6.45, 7) is 5.71. The molecule has 0 aromatic carbocycles. The maximum atomic E-state index is 11.5. The standard InChI is InChI=1S/C9H14N2OS/c1-4-6-8(10)13-9(11-6)7(12)5(2)3/h5H,4,10H2,1-3H3. The lowest BCUT2D eigenvalue weighted by atomic mass is 10.1. The minimum atomic E-state index is -0.00439. The van der Waals surface area contributed by atoms with Crippen molar-refractivity contribution in [3.8, 4) is 0 Å². The third-order valence-electron chi connectivity index (χ3n) is 1.80. The largest absolute Gasteiger partial charge is 0.389 e. The molecule has 3 nitrogen and oxygen atoms in total. The van der Waals surface area contributed by atoms with Gasteiger partial charge in [-0.1, -0.05) is 32.1 Å². The van der Waals surface area contributed by atoms with Gasteiger partial charge in [0.05, 0.1) is 5.69 Å². The van der Waals surface area contributed by atoms with E-state index in [9.17, 15) is 4.79 Å². The number of thiazole rings is 1. The minimum Gasteiger partial charge on any atom is -0.389 e. The van der Waals surface area contributed by atoms with Crippen LogP contribution in [0.5, 0.6) is 0 Å². The van der Waals surface area contributed by atoms with E-state index in [1.54, 1.807) is 0 Å². The van der Waals surface area contributed by atoms with Gasteiger partial charge in [0.2, 0.25) is 0 Å². The van der Waals surface area contributed by atoms with E-state index in [1.807, 2.05) is 20.8 Å². The SMILES string of the molecule is CCc1nc(C(=O)C(C)C)sc1N. The maximum Gasteiger partial charge on any atom is 0.193 e. The van der Waals surface area contributed by atoms with Crippen LogP contribution in [0.1, 0.15) is 36.3 Å². The fourth-order valence-electron chi connectivity index (χ4n) is 0.969. The molecule has 0 aliphatic rings. The van der Waals surface area contributed by atoms with E-state index < -0.39 is 0 Å². The summed E-state index contributed by atoms with van der Waals surface area (Å²) in [5.74, 6) is 0.0756. The van der Waals surface area contributed by atoms with Gasteiger partial charge in [0, 0.05) is 5.92 Å². The van der Waals surface area contributed by atoms with E-state index in [2.05, 4.69) is 4.98 Å². The molecule has 0 saturated heterocycles. The molecule has 0 unspecified atom stereocenters. The molecule has 0 radical (unpaired) electrons. The number of carbonyl (C=O) groups excluding carboxylic acids is 1. The molecule has 0 aliphatic carbocycles. The summed E-state index contributed by atoms with van der Waals surface area (Å²) in [6.07, 6.45) is 0.785. The zero-order valence-corrected chi connectivity index (χ0v) is 8.94. The number of nitrogens with zero attached hydrogens (tertiary/aromatic N) is 1. The fraction of sp³-hybridized carbons (Fsp3) is 0.556. The molecular weight excluding hydrogens is 184 g/mol. The van der Waals surface area contributed by atoms with Crippen molar-refractivity contribution in [2.24, 2.45) is 5.92 Å². The highest BCUT2D eigenvalue weighted by atomic mass is 32.1. The summed E-state index contributed by atoms with van der Waals surface area (Å²) in [7, 11) is 0. The van der Waals surface area contributed by atoms with Crippen LogP contribution >= 0.6 is 11.3 Å². The monoisotopic (exact) mass is 198 g/mol. The molecule has 4 heteroatoms. The van der Waals surface area contributed by atoms with Gasteiger partial charge in [-0.3, -0.25) is 4.79 Å². The highest BCUT2D eigenvalue weighted by Gasteiger charge is 2.16. The number of aryl methyl sites for hydroxylation is 1. The Morgan fingerprint density at radius 3 is 2.62 bits per heavy atom. The number of anilines is 1. The van der Waals surface area contributed by atoms with Gasteiger partial charge < -0.3 is 5.73 Å². The second kappa shape index (κ2) is 3.87. The average molecular weight is 198 g/mol. The van der Waals surface area contributed by atoms with Gasteiger partial charge in [0.15, 0.2) is 10.8 Å². The zero-order chi connectivity index (χ0) is 10.0. The van der Waals surface area contributed by atoms with Gasteiger partial charge in [0.25, 0.3) is 0 Å². The Bertz CT molecular complexity index is 317. The molecule has 0 amide bonds. The lowest BCUT2D eigenvalue weighted by Crippen LogP contribution is -2.06. The van der Waals surface area contributed by atoms with Gasteiger partial charge in [-0.05, 0) is 6.42 Å². The molecule has 0 spiro atoms. The lowest BCUT2D eigenvalue weighted by Gasteiger charge is -1.97. The third-order valence-corrected chi connectivity index (χ3v) is 2.74. The first kappa shape index (κ1) is 10.2. The van der Waals surface area contributed by atoms with Crippen molar-refractivity contribution >= 4 is 22.1 Å². The predicted octanol–water partition coefficient (Wildman–Crippen LogP) is 2.13. The number of rotatable bonds is 3. The third kappa shape index (κ3) is 2.06. The van der Waals surface area contributed by atoms with Gasteiger partial charge in [0.1, 0.15) is 5.00 Å². The van der Waals surface area contributed by atoms with E-state index in [1.165, 1.54) is 11.3 Å². The normalized spacial score (nSPS) is 10.8. The molecule has 0 fully saturated rings. The van der Waals surface area contributed by atoms with Crippen molar-refractivity contribution in [1.82, 2.24) is 4.98 Å². The number of hydrogen-bond acceptors (Lipinski definition) is 4. The first-order valence-electron chi connectivity index (χ1n) is 4.35. The van der Waals surface area contributed by atoms with Gasteiger partial charge in [-0.2, -0.15) is 0 Å². The number of nitrogens with two attached hydrogens (primary N) is 1. The van der Waals surface area contributed by atoms with Gasteiger partial charge >= 0.3 is 0 Å². The van der Waals surface area contributed by atoms with E-state index in [4.69, 9.17) is 5.73 Å². The number of nitrogen functional groups attached to an aromatic ring is 1. The summed E-state index contributed by atoms with van der Waals surface area (Å²) in [5.41, 5.74) is 6.54. The van der Waals surface area contributed by atoms with Crippen LogP contribution in [0.2, 0.25) is 0 Å². The number of hydrogen-bond donors (Lipinski definition) is 1. The van der Waals surface area contributed by atoms with Crippen LogP contribution in [0.3, 0.4) is 0 Å². The predicted molar refractivity (Wildman–Crippen MR) is 55.1 cm³/mol. The quantitative estimate of drug-likeness (QED) is 0.757. The number of carbonyl (C=O) groups is 1. The second-order valence-corrected chi connectivity index (χ2v) is 4.23. The Hall–Kier alpha value is -0.900. The van der Waals surface area contributed by atoms with Crippen molar-refractivity contribution in [3.05, 3.63) is 10.7 Å². The van der Waals surface area contributed by atoms with Crippen LogP contribution in [0.25, 0.3) is 0 Å². The Morgan fingerprint density at radius 1 is 1.62 bits per heavy atom. The number of aromatic nitrogens is 1. The molecule has 2 N–H and O–H groups in total. The summed E-state index contributed by atoms with van der Waals surface area (Å²) < 4.78 is 0. The van der Waals surface area contributed by atoms with Crippen molar-refractivity contribution < 1.29 is 4.79 Å². The van der Waals surface area contributed by atoms with Crippen LogP contribution in [-0.2, 0) is 6.42 Å². The minimum absolute atomic E-state index is 0.00439. The van der Waals surface area contributed by atoms with Crippen LogP contribution in [0, 0.1) is 5.92 Å². The molecule has 1 heterocycles. The van der Waals surface area contributed by atoms with E-state index >= 15 is 0 Å². The van der Waals surface area contributed by atoms with Crippen molar-refractivity contribution in [3.63, 3.8) is 0 Å². The summed E-state index contributed by atoms with van der Waals surface area (Å²) in [6, 6.07) is 0. The number of Topliss-reactive ketones (excluding diaryl/α,β-unsaturated/α-hetero) is 1. The van der Waals surface area contributed by atoms with Crippen molar-refractivity contribution in [1.29, 1.82) is 0 Å². The first-order chi connectivity index (χ1) is 6.06. The molecule has 0 saturated carbocycles. The number of ketones is 1. The Morgan fingerprint density at radius 2 is 2.23 bits per heavy atom. The van der Waals surface area contributed by atoms with Crippen molar-refractivity contribution in [2.75, 3.05) is 5.73 Å². The summed E-state index contributed by atoms with van der Waals surface area (Å²) in [5, 5.41) is 1.22. The zero-order valence-electron chi connectivity index (χ0n) is 8.13. The highest BCUT2D eigenvalue weighted by molar-refractivity contribution is 7.17. The maximum absolute atomic E-state index is 11.5. The van der Waals surface area contributed by atoms with Crippen LogP contribution in [-0.4, -0.2) is 10.8 Å².